The average molecular weight is 301 g/mol. The summed E-state index contributed by atoms with van der Waals surface area (Å²) < 4.78 is 35.0. The second-order valence-electron chi connectivity index (χ2n) is 3.54. The standard InChI is InChI=1S/C12H15NO6S/c1-3-18-11(14)9-7-5-6-8-10(9)20(16,17)13-12(15)19-4-2/h5-8H,3-4H2,1-2H3,(H,13,15). The van der Waals surface area contributed by atoms with Gasteiger partial charge in [0.2, 0.25) is 0 Å². The number of hydrogen-bond donors (Lipinski definition) is 1. The molecule has 0 bridgehead atoms. The maximum absolute atomic E-state index is 12.0. The van der Waals surface area contributed by atoms with Gasteiger partial charge in [-0.25, -0.2) is 22.7 Å². The predicted molar refractivity (Wildman–Crippen MR) is 69.7 cm³/mol. The van der Waals surface area contributed by atoms with Crippen molar-refractivity contribution >= 4 is 22.1 Å². The molecule has 1 aromatic carbocycles. The lowest BCUT2D eigenvalue weighted by Gasteiger charge is -2.10. The van der Waals surface area contributed by atoms with Crippen molar-refractivity contribution in [2.24, 2.45) is 0 Å². The zero-order valence-corrected chi connectivity index (χ0v) is 11.9. The molecule has 0 radical (unpaired) electrons. The van der Waals surface area contributed by atoms with Gasteiger partial charge in [-0.2, -0.15) is 0 Å². The first-order valence-corrected chi connectivity index (χ1v) is 7.36. The van der Waals surface area contributed by atoms with E-state index in [-0.39, 0.29) is 23.7 Å². The Morgan fingerprint density at radius 3 is 2.30 bits per heavy atom. The average Bonchev–Trinajstić information content (AvgIpc) is 2.38. The predicted octanol–water partition coefficient (Wildman–Crippen LogP) is 1.30. The number of carbonyl (C=O) groups is 2. The summed E-state index contributed by atoms with van der Waals surface area (Å²) in [4.78, 5) is 22.6. The summed E-state index contributed by atoms with van der Waals surface area (Å²) in [6.45, 7) is 3.28. The van der Waals surface area contributed by atoms with Gasteiger partial charge in [0.25, 0.3) is 10.0 Å². The van der Waals surface area contributed by atoms with E-state index in [1.54, 1.807) is 18.6 Å². The lowest BCUT2D eigenvalue weighted by Crippen LogP contribution is -2.32. The Morgan fingerprint density at radius 1 is 1.10 bits per heavy atom. The van der Waals surface area contributed by atoms with Gasteiger partial charge in [0.1, 0.15) is 4.90 Å². The van der Waals surface area contributed by atoms with Gasteiger partial charge in [-0.1, -0.05) is 12.1 Å². The van der Waals surface area contributed by atoms with Gasteiger partial charge in [-0.3, -0.25) is 0 Å². The van der Waals surface area contributed by atoms with Crippen molar-refractivity contribution in [3.63, 3.8) is 0 Å². The summed E-state index contributed by atoms with van der Waals surface area (Å²) >= 11 is 0. The molecule has 0 aliphatic rings. The Labute approximate surface area is 116 Å². The molecule has 0 fully saturated rings. The summed E-state index contributed by atoms with van der Waals surface area (Å²) in [6.07, 6.45) is -1.11. The molecule has 0 unspecified atom stereocenters. The van der Waals surface area contributed by atoms with Crippen LogP contribution in [0.25, 0.3) is 0 Å². The molecular weight excluding hydrogens is 286 g/mol. The number of esters is 1. The van der Waals surface area contributed by atoms with E-state index in [9.17, 15) is 18.0 Å². The van der Waals surface area contributed by atoms with Gasteiger partial charge in [-0.05, 0) is 26.0 Å². The molecule has 0 saturated carbocycles. The highest BCUT2D eigenvalue weighted by Crippen LogP contribution is 2.16. The molecule has 1 aromatic rings. The van der Waals surface area contributed by atoms with Crippen LogP contribution in [0.3, 0.4) is 0 Å². The van der Waals surface area contributed by atoms with Gasteiger partial charge in [0, 0.05) is 0 Å². The Balaban J connectivity index is 3.12. The van der Waals surface area contributed by atoms with Gasteiger partial charge in [-0.15, -0.1) is 0 Å². The van der Waals surface area contributed by atoms with Crippen LogP contribution in [0.1, 0.15) is 24.2 Å². The van der Waals surface area contributed by atoms with Crippen LogP contribution in [0, 0.1) is 0 Å². The van der Waals surface area contributed by atoms with E-state index in [0.717, 1.165) is 0 Å². The first-order chi connectivity index (χ1) is 9.42. The minimum atomic E-state index is -4.20. The second kappa shape index (κ2) is 6.90. The molecule has 0 aliphatic heterocycles. The molecule has 110 valence electrons. The molecule has 0 atom stereocenters. The molecule has 0 aromatic heterocycles. The fraction of sp³-hybridized carbons (Fsp3) is 0.333. The van der Waals surface area contributed by atoms with Crippen LogP contribution < -0.4 is 4.72 Å². The summed E-state index contributed by atoms with van der Waals surface area (Å²) in [5.41, 5.74) is -0.147. The van der Waals surface area contributed by atoms with E-state index in [1.165, 1.54) is 24.3 Å². The van der Waals surface area contributed by atoms with E-state index < -0.39 is 22.1 Å². The lowest BCUT2D eigenvalue weighted by atomic mass is 10.2. The third kappa shape index (κ3) is 3.95. The summed E-state index contributed by atoms with van der Waals surface area (Å²) in [7, 11) is -4.20. The van der Waals surface area contributed by atoms with Gasteiger partial charge >= 0.3 is 12.1 Å². The molecule has 0 spiro atoms. The fourth-order valence-corrected chi connectivity index (χ4v) is 2.49. The van der Waals surface area contributed by atoms with Gasteiger partial charge in [0.05, 0.1) is 18.8 Å². The zero-order valence-electron chi connectivity index (χ0n) is 11.1. The molecule has 0 aliphatic carbocycles. The fourth-order valence-electron chi connectivity index (χ4n) is 1.40. The molecule has 1 rings (SSSR count). The highest BCUT2D eigenvalue weighted by Gasteiger charge is 2.25. The van der Waals surface area contributed by atoms with Gasteiger partial charge in [0.15, 0.2) is 0 Å². The Hall–Kier alpha value is -2.09. The van der Waals surface area contributed by atoms with Crippen LogP contribution in [-0.4, -0.2) is 33.7 Å². The lowest BCUT2D eigenvalue weighted by molar-refractivity contribution is 0.0521. The van der Waals surface area contributed by atoms with Crippen LogP contribution in [0.4, 0.5) is 4.79 Å². The topological polar surface area (TPSA) is 98.8 Å². The highest BCUT2D eigenvalue weighted by molar-refractivity contribution is 7.90. The quantitative estimate of drug-likeness (QED) is 0.823. The molecule has 7 nitrogen and oxygen atoms in total. The normalized spacial score (nSPS) is 10.7. The van der Waals surface area contributed by atoms with E-state index in [2.05, 4.69) is 4.74 Å². The van der Waals surface area contributed by atoms with Crippen LogP contribution in [0.2, 0.25) is 0 Å². The maximum Gasteiger partial charge on any atom is 0.421 e. The number of rotatable bonds is 5. The number of benzene rings is 1. The van der Waals surface area contributed by atoms with Crippen molar-refractivity contribution < 1.29 is 27.5 Å². The second-order valence-corrected chi connectivity index (χ2v) is 5.19. The number of ether oxygens (including phenoxy) is 2. The number of nitrogens with one attached hydrogen (secondary N) is 1. The maximum atomic E-state index is 12.0. The number of carbonyl (C=O) groups excluding carboxylic acids is 2. The van der Waals surface area contributed by atoms with E-state index in [1.807, 2.05) is 0 Å². The van der Waals surface area contributed by atoms with Crippen LogP contribution >= 0.6 is 0 Å². The molecule has 20 heavy (non-hydrogen) atoms. The van der Waals surface area contributed by atoms with Crippen molar-refractivity contribution in [2.75, 3.05) is 13.2 Å². The first kappa shape index (κ1) is 16.0. The van der Waals surface area contributed by atoms with Crippen LogP contribution in [-0.2, 0) is 19.5 Å². The molecule has 0 heterocycles. The van der Waals surface area contributed by atoms with Crippen molar-refractivity contribution in [1.29, 1.82) is 0 Å². The Kier molecular flexibility index (Phi) is 5.51. The molecule has 1 N–H and O–H groups in total. The summed E-state index contributed by atoms with van der Waals surface area (Å²) in [5, 5.41) is 0. The van der Waals surface area contributed by atoms with Gasteiger partial charge < -0.3 is 9.47 Å². The monoisotopic (exact) mass is 301 g/mol. The Morgan fingerprint density at radius 2 is 1.70 bits per heavy atom. The minimum absolute atomic E-state index is 0.0286. The Bertz CT molecular complexity index is 596. The third-order valence-electron chi connectivity index (χ3n) is 2.17. The zero-order chi connectivity index (χ0) is 15.2. The third-order valence-corrected chi connectivity index (χ3v) is 3.54. The summed E-state index contributed by atoms with van der Waals surface area (Å²) in [5.74, 6) is -0.780. The van der Waals surface area contributed by atoms with Crippen LogP contribution in [0.5, 0.6) is 0 Å². The molecule has 8 heteroatoms. The van der Waals surface area contributed by atoms with E-state index in [4.69, 9.17) is 4.74 Å². The van der Waals surface area contributed by atoms with Crippen LogP contribution in [0.15, 0.2) is 29.2 Å². The number of hydrogen-bond acceptors (Lipinski definition) is 6. The molecule has 1 amide bonds. The smallest absolute Gasteiger partial charge is 0.421 e. The SMILES string of the molecule is CCOC(=O)NS(=O)(=O)c1ccccc1C(=O)OCC. The summed E-state index contributed by atoms with van der Waals surface area (Å²) in [6, 6.07) is 5.43. The van der Waals surface area contributed by atoms with E-state index in [0.29, 0.717) is 0 Å². The largest absolute Gasteiger partial charge is 0.462 e. The first-order valence-electron chi connectivity index (χ1n) is 5.88. The number of amides is 1. The van der Waals surface area contributed by atoms with Crippen molar-refractivity contribution in [3.8, 4) is 0 Å². The van der Waals surface area contributed by atoms with Crippen molar-refractivity contribution in [3.05, 3.63) is 29.8 Å². The molecule has 0 saturated heterocycles. The minimum Gasteiger partial charge on any atom is -0.462 e. The highest BCUT2D eigenvalue weighted by atomic mass is 32.2. The van der Waals surface area contributed by atoms with E-state index >= 15 is 0 Å². The van der Waals surface area contributed by atoms with Crippen molar-refractivity contribution in [1.82, 2.24) is 4.72 Å². The number of sulfonamides is 1. The molecular formula is C12H15NO6S. The van der Waals surface area contributed by atoms with Crippen molar-refractivity contribution in [2.45, 2.75) is 18.7 Å².